The lowest BCUT2D eigenvalue weighted by atomic mass is 10.2. The minimum atomic E-state index is -0.900. The summed E-state index contributed by atoms with van der Waals surface area (Å²) in [6.45, 7) is 0. The van der Waals surface area contributed by atoms with Gasteiger partial charge in [0.2, 0.25) is 0 Å². The standard InChI is InChI=1S/C12H8Cl2O2S2/c13-9-2-1-3-10(14)8(9)6-17-7-4-11(12(15)16)18-5-7/h1-5H,6H2,(H,15,16). The van der Waals surface area contributed by atoms with Gasteiger partial charge in [0.25, 0.3) is 0 Å². The Kier molecular flexibility index (Phi) is 4.56. The molecule has 18 heavy (non-hydrogen) atoms. The topological polar surface area (TPSA) is 37.3 Å². The molecule has 2 nitrogen and oxygen atoms in total. The fraction of sp³-hybridized carbons (Fsp3) is 0.0833. The molecule has 0 atom stereocenters. The molecule has 0 fully saturated rings. The molecule has 0 bridgehead atoms. The van der Waals surface area contributed by atoms with Gasteiger partial charge in [0.1, 0.15) is 4.88 Å². The molecule has 0 aliphatic rings. The molecule has 2 aromatic rings. The second-order valence-electron chi connectivity index (χ2n) is 3.44. The molecule has 0 saturated carbocycles. The molecule has 1 heterocycles. The first-order chi connectivity index (χ1) is 8.58. The van der Waals surface area contributed by atoms with Crippen LogP contribution in [0.4, 0.5) is 0 Å². The maximum Gasteiger partial charge on any atom is 0.345 e. The number of aromatic carboxylic acids is 1. The Morgan fingerprint density at radius 2 is 2.00 bits per heavy atom. The Labute approximate surface area is 123 Å². The molecule has 6 heteroatoms. The molecule has 1 aromatic carbocycles. The maximum absolute atomic E-state index is 10.8. The molecule has 0 saturated heterocycles. The van der Waals surface area contributed by atoms with E-state index in [0.717, 1.165) is 10.5 Å². The monoisotopic (exact) mass is 318 g/mol. The van der Waals surface area contributed by atoms with Gasteiger partial charge in [-0.15, -0.1) is 23.1 Å². The van der Waals surface area contributed by atoms with E-state index in [2.05, 4.69) is 0 Å². The van der Waals surface area contributed by atoms with E-state index in [1.807, 2.05) is 5.38 Å². The number of carboxylic acid groups (broad SMARTS) is 1. The fourth-order valence-electron chi connectivity index (χ4n) is 1.33. The summed E-state index contributed by atoms with van der Waals surface area (Å²) in [5.74, 6) is -0.281. The Hall–Kier alpha value is -0.680. The largest absolute Gasteiger partial charge is 0.477 e. The van der Waals surface area contributed by atoms with E-state index in [-0.39, 0.29) is 0 Å². The van der Waals surface area contributed by atoms with E-state index in [9.17, 15) is 4.79 Å². The first kappa shape index (κ1) is 13.7. The van der Waals surface area contributed by atoms with Crippen molar-refractivity contribution in [3.8, 4) is 0 Å². The lowest BCUT2D eigenvalue weighted by molar-refractivity contribution is 0.0702. The molecule has 0 aliphatic heterocycles. The van der Waals surface area contributed by atoms with Gasteiger partial charge < -0.3 is 5.11 Å². The van der Waals surface area contributed by atoms with Crippen LogP contribution in [0.5, 0.6) is 0 Å². The zero-order valence-electron chi connectivity index (χ0n) is 9.02. The lowest BCUT2D eigenvalue weighted by Gasteiger charge is -2.05. The molecule has 1 N–H and O–H groups in total. The summed E-state index contributed by atoms with van der Waals surface area (Å²) in [5.41, 5.74) is 0.869. The van der Waals surface area contributed by atoms with Gasteiger partial charge in [0, 0.05) is 26.1 Å². The summed E-state index contributed by atoms with van der Waals surface area (Å²) in [6.07, 6.45) is 0. The van der Waals surface area contributed by atoms with Crippen LogP contribution in [0.15, 0.2) is 34.5 Å². The number of thiophene rings is 1. The molecule has 0 amide bonds. The molecule has 94 valence electrons. The van der Waals surface area contributed by atoms with Gasteiger partial charge in [-0.2, -0.15) is 0 Å². The van der Waals surface area contributed by atoms with Gasteiger partial charge in [0.05, 0.1) is 0 Å². The van der Waals surface area contributed by atoms with Crippen LogP contribution in [0.1, 0.15) is 15.2 Å². The van der Waals surface area contributed by atoms with Crippen molar-refractivity contribution in [2.45, 2.75) is 10.6 Å². The summed E-state index contributed by atoms with van der Waals surface area (Å²) in [4.78, 5) is 12.0. The number of rotatable bonds is 4. The van der Waals surface area contributed by atoms with Crippen LogP contribution >= 0.6 is 46.3 Å². The van der Waals surface area contributed by atoms with Crippen LogP contribution in [-0.2, 0) is 5.75 Å². The normalized spacial score (nSPS) is 10.6. The van der Waals surface area contributed by atoms with E-state index < -0.39 is 5.97 Å². The van der Waals surface area contributed by atoms with Crippen molar-refractivity contribution in [2.24, 2.45) is 0 Å². The van der Waals surface area contributed by atoms with E-state index in [1.54, 1.807) is 24.3 Å². The van der Waals surface area contributed by atoms with Crippen molar-refractivity contribution < 1.29 is 9.90 Å². The third-order valence-corrected chi connectivity index (χ3v) is 5.01. The average molecular weight is 319 g/mol. The summed E-state index contributed by atoms with van der Waals surface area (Å²) in [7, 11) is 0. The van der Waals surface area contributed by atoms with Crippen LogP contribution in [0.2, 0.25) is 10.0 Å². The number of carbonyl (C=O) groups is 1. The Balaban J connectivity index is 2.09. The first-order valence-electron chi connectivity index (χ1n) is 4.95. The summed E-state index contributed by atoms with van der Waals surface area (Å²) in [6, 6.07) is 7.04. The minimum absolute atomic E-state index is 0.336. The van der Waals surface area contributed by atoms with Crippen molar-refractivity contribution in [2.75, 3.05) is 0 Å². The van der Waals surface area contributed by atoms with Crippen molar-refractivity contribution >= 4 is 52.3 Å². The van der Waals surface area contributed by atoms with E-state index in [4.69, 9.17) is 28.3 Å². The molecule has 0 unspecified atom stereocenters. The summed E-state index contributed by atoms with van der Waals surface area (Å²) >= 11 is 14.9. The number of hydrogen-bond acceptors (Lipinski definition) is 3. The molecular formula is C12H8Cl2O2S2. The molecule has 1 aromatic heterocycles. The number of carboxylic acids is 1. The van der Waals surface area contributed by atoms with Gasteiger partial charge in [-0.1, -0.05) is 29.3 Å². The Morgan fingerprint density at radius 1 is 1.33 bits per heavy atom. The van der Waals surface area contributed by atoms with Gasteiger partial charge >= 0.3 is 5.97 Å². The van der Waals surface area contributed by atoms with Gasteiger partial charge in [0.15, 0.2) is 0 Å². The SMILES string of the molecule is O=C(O)c1cc(SCc2c(Cl)cccc2Cl)cs1. The van der Waals surface area contributed by atoms with E-state index in [1.165, 1.54) is 23.1 Å². The highest BCUT2D eigenvalue weighted by atomic mass is 35.5. The second-order valence-corrected chi connectivity index (χ2v) is 6.22. The van der Waals surface area contributed by atoms with Crippen molar-refractivity contribution in [1.29, 1.82) is 0 Å². The molecule has 0 aliphatic carbocycles. The van der Waals surface area contributed by atoms with Crippen molar-refractivity contribution in [3.63, 3.8) is 0 Å². The minimum Gasteiger partial charge on any atom is -0.477 e. The predicted molar refractivity (Wildman–Crippen MR) is 77.3 cm³/mol. The van der Waals surface area contributed by atoms with Crippen LogP contribution in [-0.4, -0.2) is 11.1 Å². The highest BCUT2D eigenvalue weighted by Gasteiger charge is 2.09. The molecule has 0 radical (unpaired) electrons. The van der Waals surface area contributed by atoms with E-state index in [0.29, 0.717) is 20.7 Å². The quantitative estimate of drug-likeness (QED) is 0.802. The molecule has 2 rings (SSSR count). The highest BCUT2D eigenvalue weighted by molar-refractivity contribution is 7.98. The fourth-order valence-corrected chi connectivity index (χ4v) is 3.94. The number of thioether (sulfide) groups is 1. The van der Waals surface area contributed by atoms with Gasteiger partial charge in [-0.3, -0.25) is 0 Å². The Morgan fingerprint density at radius 3 is 2.56 bits per heavy atom. The number of benzene rings is 1. The van der Waals surface area contributed by atoms with E-state index >= 15 is 0 Å². The summed E-state index contributed by atoms with van der Waals surface area (Å²) < 4.78 is 0. The third kappa shape index (κ3) is 3.20. The van der Waals surface area contributed by atoms with Crippen molar-refractivity contribution in [1.82, 2.24) is 0 Å². The average Bonchev–Trinajstić information content (AvgIpc) is 2.77. The predicted octanol–water partition coefficient (Wildman–Crippen LogP) is 5.05. The second kappa shape index (κ2) is 5.97. The maximum atomic E-state index is 10.8. The molecule has 0 spiro atoms. The van der Waals surface area contributed by atoms with Crippen LogP contribution in [0.3, 0.4) is 0 Å². The first-order valence-corrected chi connectivity index (χ1v) is 7.57. The van der Waals surface area contributed by atoms with Crippen molar-refractivity contribution in [3.05, 3.63) is 50.1 Å². The molecular weight excluding hydrogens is 311 g/mol. The highest BCUT2D eigenvalue weighted by Crippen LogP contribution is 2.33. The smallest absolute Gasteiger partial charge is 0.345 e. The lowest BCUT2D eigenvalue weighted by Crippen LogP contribution is -1.90. The van der Waals surface area contributed by atoms with Crippen LogP contribution < -0.4 is 0 Å². The summed E-state index contributed by atoms with van der Waals surface area (Å²) in [5, 5.41) is 11.9. The van der Waals surface area contributed by atoms with Gasteiger partial charge in [-0.05, 0) is 23.8 Å². The zero-order valence-corrected chi connectivity index (χ0v) is 12.2. The Bertz CT molecular complexity index is 561. The number of halogens is 2. The van der Waals surface area contributed by atoms with Crippen LogP contribution in [0.25, 0.3) is 0 Å². The number of hydrogen-bond donors (Lipinski definition) is 1. The van der Waals surface area contributed by atoms with Crippen LogP contribution in [0, 0.1) is 0 Å². The third-order valence-electron chi connectivity index (χ3n) is 2.23. The van der Waals surface area contributed by atoms with Gasteiger partial charge in [-0.25, -0.2) is 4.79 Å². The zero-order chi connectivity index (χ0) is 13.1.